The van der Waals surface area contributed by atoms with Crippen LogP contribution >= 0.6 is 11.8 Å². The Morgan fingerprint density at radius 1 is 1.33 bits per heavy atom. The number of amides is 1. The molecule has 2 aromatic heterocycles. The monoisotopic (exact) mass is 551 g/mol. The highest BCUT2D eigenvalue weighted by molar-refractivity contribution is 7.99. The highest BCUT2D eigenvalue weighted by Gasteiger charge is 2.46. The van der Waals surface area contributed by atoms with Crippen LogP contribution in [0.2, 0.25) is 0 Å². The average molecular weight is 552 g/mol. The van der Waals surface area contributed by atoms with Gasteiger partial charge in [-0.2, -0.15) is 0 Å². The summed E-state index contributed by atoms with van der Waals surface area (Å²) in [6, 6.07) is 2.48. The number of carbonyl (C=O) groups is 2. The van der Waals surface area contributed by atoms with Gasteiger partial charge in [-0.25, -0.2) is 14.2 Å². The Morgan fingerprint density at radius 3 is 2.82 bits per heavy atom. The number of fused-ring (bicyclic) bond motifs is 5. The van der Waals surface area contributed by atoms with Crippen molar-refractivity contribution in [2.24, 2.45) is 5.92 Å². The third-order valence-corrected chi connectivity index (χ3v) is 9.86. The Kier molecular flexibility index (Phi) is 5.30. The number of aromatic nitrogens is 2. The SMILES string of the molecule is CC[C@@]1(O)C(=O)OCc2c1cc1n(c2=O)Cc2c-1nc1cc(F)c(C)c3c1c2[C@@H](NC(=O)[C@@H](O)C1CC1)CS3. The second-order valence-corrected chi connectivity index (χ2v) is 11.8. The minimum atomic E-state index is -1.96. The molecule has 3 aliphatic heterocycles. The molecule has 1 aromatic carbocycles. The van der Waals surface area contributed by atoms with Gasteiger partial charge in [0.05, 0.1) is 35.1 Å². The van der Waals surface area contributed by atoms with Gasteiger partial charge in [0.25, 0.3) is 5.56 Å². The summed E-state index contributed by atoms with van der Waals surface area (Å²) in [6.45, 7) is 3.27. The van der Waals surface area contributed by atoms with Gasteiger partial charge in [-0.1, -0.05) is 6.92 Å². The number of hydrogen-bond acceptors (Lipinski definition) is 8. The fraction of sp³-hybridized carbons (Fsp3) is 0.429. The van der Waals surface area contributed by atoms with Crippen molar-refractivity contribution in [2.75, 3.05) is 5.75 Å². The molecule has 1 aliphatic carbocycles. The van der Waals surface area contributed by atoms with E-state index >= 15 is 0 Å². The number of halogens is 1. The minimum Gasteiger partial charge on any atom is -0.458 e. The van der Waals surface area contributed by atoms with Crippen molar-refractivity contribution in [3.05, 3.63) is 56.1 Å². The van der Waals surface area contributed by atoms with Gasteiger partial charge in [0.1, 0.15) is 18.5 Å². The number of thioether (sulfide) groups is 1. The van der Waals surface area contributed by atoms with Crippen molar-refractivity contribution in [3.8, 4) is 11.4 Å². The van der Waals surface area contributed by atoms with Crippen LogP contribution in [0.5, 0.6) is 0 Å². The molecule has 1 fully saturated rings. The normalized spacial score (nSPS) is 23.6. The summed E-state index contributed by atoms with van der Waals surface area (Å²) in [5.74, 6) is -1.27. The zero-order valence-corrected chi connectivity index (χ0v) is 22.2. The van der Waals surface area contributed by atoms with Crippen LogP contribution in [0.15, 0.2) is 21.8 Å². The topological polar surface area (TPSA) is 131 Å². The second-order valence-electron chi connectivity index (χ2n) is 10.8. The molecule has 7 rings (SSSR count). The van der Waals surface area contributed by atoms with E-state index in [2.05, 4.69) is 5.32 Å². The molecule has 39 heavy (non-hydrogen) atoms. The van der Waals surface area contributed by atoms with Crippen LogP contribution in [0.1, 0.15) is 60.0 Å². The second kappa shape index (κ2) is 8.36. The number of esters is 1. The smallest absolute Gasteiger partial charge is 0.343 e. The lowest BCUT2D eigenvalue weighted by Crippen LogP contribution is -2.44. The minimum absolute atomic E-state index is 0.0213. The number of cyclic esters (lactones) is 1. The van der Waals surface area contributed by atoms with Gasteiger partial charge < -0.3 is 24.8 Å². The first kappa shape index (κ1) is 24.7. The first-order chi connectivity index (χ1) is 18.6. The van der Waals surface area contributed by atoms with Crippen LogP contribution in [0.25, 0.3) is 22.3 Å². The van der Waals surface area contributed by atoms with E-state index in [-0.39, 0.29) is 36.6 Å². The highest BCUT2D eigenvalue weighted by atomic mass is 32.2. The number of aliphatic hydroxyl groups is 2. The van der Waals surface area contributed by atoms with Crippen molar-refractivity contribution >= 4 is 34.5 Å². The summed E-state index contributed by atoms with van der Waals surface area (Å²) in [5, 5.41) is 25.4. The largest absolute Gasteiger partial charge is 0.458 e. The molecule has 3 aromatic rings. The van der Waals surface area contributed by atoms with Gasteiger partial charge in [-0.05, 0) is 49.3 Å². The number of pyridine rings is 2. The quantitative estimate of drug-likeness (QED) is 0.330. The van der Waals surface area contributed by atoms with E-state index < -0.39 is 41.0 Å². The number of aliphatic hydroxyl groups excluding tert-OH is 1. The predicted molar refractivity (Wildman–Crippen MR) is 140 cm³/mol. The van der Waals surface area contributed by atoms with E-state index in [0.29, 0.717) is 33.8 Å². The Labute approximate surface area is 226 Å². The van der Waals surface area contributed by atoms with Crippen molar-refractivity contribution in [1.29, 1.82) is 0 Å². The third-order valence-electron chi connectivity index (χ3n) is 8.56. The fourth-order valence-electron chi connectivity index (χ4n) is 6.12. The molecule has 3 atom stereocenters. The number of benzene rings is 1. The van der Waals surface area contributed by atoms with E-state index in [1.165, 1.54) is 22.4 Å². The zero-order valence-electron chi connectivity index (χ0n) is 21.3. The maximum absolute atomic E-state index is 15.0. The molecule has 0 saturated heterocycles. The lowest BCUT2D eigenvalue weighted by atomic mass is 9.86. The first-order valence-electron chi connectivity index (χ1n) is 13.1. The van der Waals surface area contributed by atoms with E-state index in [4.69, 9.17) is 9.72 Å². The summed E-state index contributed by atoms with van der Waals surface area (Å²) in [5.41, 5.74) is 1.26. The number of hydrogen-bond donors (Lipinski definition) is 3. The molecule has 0 radical (unpaired) electrons. The van der Waals surface area contributed by atoms with Crippen LogP contribution in [0.3, 0.4) is 0 Å². The Morgan fingerprint density at radius 2 is 2.10 bits per heavy atom. The maximum atomic E-state index is 15.0. The van der Waals surface area contributed by atoms with Crippen molar-refractivity contribution in [1.82, 2.24) is 14.9 Å². The molecule has 11 heteroatoms. The van der Waals surface area contributed by atoms with Crippen LogP contribution in [-0.2, 0) is 33.1 Å². The van der Waals surface area contributed by atoms with Gasteiger partial charge in [0.15, 0.2) is 5.60 Å². The van der Waals surface area contributed by atoms with E-state index in [0.717, 1.165) is 28.7 Å². The number of nitrogens with zero attached hydrogens (tertiary/aromatic N) is 2. The Balaban J connectivity index is 1.46. The lowest BCUT2D eigenvalue weighted by molar-refractivity contribution is -0.172. The molecule has 0 spiro atoms. The molecule has 3 N–H and O–H groups in total. The Bertz CT molecular complexity index is 1700. The summed E-state index contributed by atoms with van der Waals surface area (Å²) in [4.78, 5) is 44.7. The van der Waals surface area contributed by atoms with Crippen LogP contribution in [-0.4, -0.2) is 43.5 Å². The molecule has 202 valence electrons. The molecule has 9 nitrogen and oxygen atoms in total. The molecule has 1 saturated carbocycles. The summed E-state index contributed by atoms with van der Waals surface area (Å²) >= 11 is 1.43. The fourth-order valence-corrected chi connectivity index (χ4v) is 7.38. The average Bonchev–Trinajstić information content (AvgIpc) is 3.71. The molecule has 1 amide bonds. The molecule has 4 aliphatic rings. The number of carbonyl (C=O) groups excluding carboxylic acids is 2. The van der Waals surface area contributed by atoms with Gasteiger partial charge in [0, 0.05) is 33.2 Å². The van der Waals surface area contributed by atoms with E-state index in [1.54, 1.807) is 19.9 Å². The predicted octanol–water partition coefficient (Wildman–Crippen LogP) is 2.56. The Hall–Kier alpha value is -3.28. The summed E-state index contributed by atoms with van der Waals surface area (Å²) in [6.07, 6.45) is 0.549. The summed E-state index contributed by atoms with van der Waals surface area (Å²) < 4.78 is 21.7. The van der Waals surface area contributed by atoms with Gasteiger partial charge in [-0.15, -0.1) is 11.8 Å². The van der Waals surface area contributed by atoms with Gasteiger partial charge in [0.2, 0.25) is 5.91 Å². The maximum Gasteiger partial charge on any atom is 0.343 e. The molecular weight excluding hydrogens is 525 g/mol. The van der Waals surface area contributed by atoms with Crippen LogP contribution in [0, 0.1) is 18.7 Å². The zero-order chi connectivity index (χ0) is 27.4. The number of rotatable bonds is 4. The summed E-state index contributed by atoms with van der Waals surface area (Å²) in [7, 11) is 0. The molecular formula is C28H26FN3O6S. The van der Waals surface area contributed by atoms with Crippen molar-refractivity contribution in [2.45, 2.75) is 68.9 Å². The van der Waals surface area contributed by atoms with Crippen molar-refractivity contribution in [3.63, 3.8) is 0 Å². The van der Waals surface area contributed by atoms with Crippen LogP contribution in [0.4, 0.5) is 4.39 Å². The lowest BCUT2D eigenvalue weighted by Gasteiger charge is -2.31. The molecule has 5 heterocycles. The molecule has 0 unspecified atom stereocenters. The van der Waals surface area contributed by atoms with Crippen molar-refractivity contribution < 1.29 is 28.9 Å². The number of ether oxygens (including phenoxy) is 1. The standard InChI is InChI=1S/C28H26FN3O6S/c1-3-28(37)15-6-19-22-13(8-32(19)26(35)14(15)9-38-27(28)36)20-18(31-25(34)23(33)12-4-5-12)10-39-24-11(2)16(29)7-17(30-22)21(20)24/h6-7,12,18,23,33,37H,3-5,8-10H2,1-2H3,(H,31,34)/t18-,23-,28-/m0/s1. The highest BCUT2D eigenvalue weighted by Crippen LogP contribution is 2.48. The van der Waals surface area contributed by atoms with E-state index in [9.17, 15) is 29.0 Å². The number of nitrogens with one attached hydrogen (secondary N) is 1. The van der Waals surface area contributed by atoms with Gasteiger partial charge in [-0.3, -0.25) is 9.59 Å². The van der Waals surface area contributed by atoms with Crippen LogP contribution < -0.4 is 10.9 Å². The first-order valence-corrected chi connectivity index (χ1v) is 14.1. The van der Waals surface area contributed by atoms with E-state index in [1.807, 2.05) is 0 Å². The molecule has 0 bridgehead atoms. The third kappa shape index (κ3) is 3.39. The van der Waals surface area contributed by atoms with Gasteiger partial charge >= 0.3 is 5.97 Å².